The summed E-state index contributed by atoms with van der Waals surface area (Å²) in [4.78, 5) is 11.5. The van der Waals surface area contributed by atoms with Gasteiger partial charge in [0.15, 0.2) is 0 Å². The molecule has 0 aliphatic heterocycles. The largest absolute Gasteiger partial charge is 0.370 e. The molecule has 100 valence electrons. The zero-order valence-corrected chi connectivity index (χ0v) is 10.5. The standard InChI is InChI=1S/C13H16N4O2/c14-6-9-19-10-13(18)16-11-2-4-12(5-3-11)17-8-1-7-15-17/h1-5,7-8H,6,9-10,14H2,(H,16,18). The smallest absolute Gasteiger partial charge is 0.250 e. The summed E-state index contributed by atoms with van der Waals surface area (Å²) >= 11 is 0. The Labute approximate surface area is 111 Å². The van der Waals surface area contributed by atoms with Crippen molar-refractivity contribution in [3.8, 4) is 5.69 Å². The van der Waals surface area contributed by atoms with E-state index in [2.05, 4.69) is 10.4 Å². The highest BCUT2D eigenvalue weighted by atomic mass is 16.5. The van der Waals surface area contributed by atoms with Gasteiger partial charge in [-0.25, -0.2) is 4.68 Å². The van der Waals surface area contributed by atoms with E-state index in [4.69, 9.17) is 10.5 Å². The Morgan fingerprint density at radius 2 is 2.16 bits per heavy atom. The van der Waals surface area contributed by atoms with Crippen molar-refractivity contribution >= 4 is 11.6 Å². The summed E-state index contributed by atoms with van der Waals surface area (Å²) in [6.45, 7) is 0.801. The Hall–Kier alpha value is -2.18. The van der Waals surface area contributed by atoms with E-state index in [0.29, 0.717) is 13.2 Å². The van der Waals surface area contributed by atoms with Crippen molar-refractivity contribution in [3.05, 3.63) is 42.7 Å². The summed E-state index contributed by atoms with van der Waals surface area (Å²) in [6, 6.07) is 9.24. The number of rotatable bonds is 6. The molecule has 0 saturated heterocycles. The average molecular weight is 260 g/mol. The normalized spacial score (nSPS) is 10.4. The molecule has 6 heteroatoms. The Balaban J connectivity index is 1.90. The molecule has 0 unspecified atom stereocenters. The lowest BCUT2D eigenvalue weighted by atomic mass is 10.3. The SMILES string of the molecule is NCCOCC(=O)Nc1ccc(-n2cccn2)cc1. The number of nitrogens with zero attached hydrogens (tertiary/aromatic N) is 2. The number of anilines is 1. The molecule has 19 heavy (non-hydrogen) atoms. The predicted octanol–water partition coefficient (Wildman–Crippen LogP) is 0.786. The van der Waals surface area contributed by atoms with Crippen LogP contribution >= 0.6 is 0 Å². The molecule has 1 heterocycles. The fraction of sp³-hybridized carbons (Fsp3) is 0.231. The lowest BCUT2D eigenvalue weighted by Gasteiger charge is -2.07. The summed E-state index contributed by atoms with van der Waals surface area (Å²) in [5, 5.41) is 6.86. The minimum atomic E-state index is -0.194. The van der Waals surface area contributed by atoms with Crippen LogP contribution in [0.1, 0.15) is 0 Å². The number of carbonyl (C=O) groups excluding carboxylic acids is 1. The van der Waals surface area contributed by atoms with Crippen LogP contribution in [0, 0.1) is 0 Å². The van der Waals surface area contributed by atoms with Gasteiger partial charge in [0.1, 0.15) is 6.61 Å². The zero-order valence-electron chi connectivity index (χ0n) is 10.5. The van der Waals surface area contributed by atoms with Gasteiger partial charge in [-0.15, -0.1) is 0 Å². The first-order chi connectivity index (χ1) is 9.29. The van der Waals surface area contributed by atoms with E-state index in [1.807, 2.05) is 36.5 Å². The van der Waals surface area contributed by atoms with Gasteiger partial charge in [-0.05, 0) is 30.3 Å². The zero-order chi connectivity index (χ0) is 13.5. The van der Waals surface area contributed by atoms with E-state index in [1.54, 1.807) is 10.9 Å². The van der Waals surface area contributed by atoms with E-state index in [9.17, 15) is 4.79 Å². The Kier molecular flexibility index (Phi) is 4.66. The number of hydrogen-bond donors (Lipinski definition) is 2. The van der Waals surface area contributed by atoms with E-state index in [1.165, 1.54) is 0 Å². The number of amides is 1. The molecule has 6 nitrogen and oxygen atoms in total. The van der Waals surface area contributed by atoms with E-state index >= 15 is 0 Å². The maximum Gasteiger partial charge on any atom is 0.250 e. The first-order valence-electron chi connectivity index (χ1n) is 5.97. The molecular weight excluding hydrogens is 244 g/mol. The van der Waals surface area contributed by atoms with Crippen molar-refractivity contribution in [3.63, 3.8) is 0 Å². The van der Waals surface area contributed by atoms with Gasteiger partial charge in [-0.2, -0.15) is 5.10 Å². The highest BCUT2D eigenvalue weighted by Gasteiger charge is 2.02. The molecule has 0 atom stereocenters. The number of nitrogens with one attached hydrogen (secondary N) is 1. The minimum absolute atomic E-state index is 0.0120. The van der Waals surface area contributed by atoms with Gasteiger partial charge in [-0.3, -0.25) is 4.79 Å². The monoisotopic (exact) mass is 260 g/mol. The maximum absolute atomic E-state index is 11.5. The number of hydrogen-bond acceptors (Lipinski definition) is 4. The van der Waals surface area contributed by atoms with Crippen LogP contribution in [-0.2, 0) is 9.53 Å². The molecule has 2 rings (SSSR count). The summed E-state index contributed by atoms with van der Waals surface area (Å²) in [7, 11) is 0. The number of aromatic nitrogens is 2. The molecule has 0 fully saturated rings. The average Bonchev–Trinajstić information content (AvgIpc) is 2.94. The second-order valence-electron chi connectivity index (χ2n) is 3.89. The van der Waals surface area contributed by atoms with Crippen LogP contribution in [0.25, 0.3) is 5.69 Å². The first kappa shape index (κ1) is 13.3. The molecule has 0 aliphatic carbocycles. The molecule has 3 N–H and O–H groups in total. The quantitative estimate of drug-likeness (QED) is 0.752. The van der Waals surface area contributed by atoms with Crippen molar-refractivity contribution < 1.29 is 9.53 Å². The van der Waals surface area contributed by atoms with Crippen LogP contribution in [-0.4, -0.2) is 35.4 Å². The van der Waals surface area contributed by atoms with Gasteiger partial charge < -0.3 is 15.8 Å². The third-order valence-electron chi connectivity index (χ3n) is 2.42. The highest BCUT2D eigenvalue weighted by molar-refractivity contribution is 5.91. The summed E-state index contributed by atoms with van der Waals surface area (Å²) < 4.78 is 6.79. The predicted molar refractivity (Wildman–Crippen MR) is 72.1 cm³/mol. The van der Waals surface area contributed by atoms with Crippen LogP contribution in [0.2, 0.25) is 0 Å². The van der Waals surface area contributed by atoms with Crippen molar-refractivity contribution in [2.24, 2.45) is 5.73 Å². The second kappa shape index (κ2) is 6.67. The third-order valence-corrected chi connectivity index (χ3v) is 2.42. The van der Waals surface area contributed by atoms with Crippen molar-refractivity contribution in [1.29, 1.82) is 0 Å². The second-order valence-corrected chi connectivity index (χ2v) is 3.89. The number of carbonyl (C=O) groups is 1. The van der Waals surface area contributed by atoms with E-state index in [0.717, 1.165) is 11.4 Å². The summed E-state index contributed by atoms with van der Waals surface area (Å²) in [6.07, 6.45) is 3.57. The van der Waals surface area contributed by atoms with Crippen LogP contribution in [0.5, 0.6) is 0 Å². The van der Waals surface area contributed by atoms with Gasteiger partial charge in [0.2, 0.25) is 5.91 Å². The van der Waals surface area contributed by atoms with Crippen LogP contribution in [0.15, 0.2) is 42.7 Å². The van der Waals surface area contributed by atoms with E-state index in [-0.39, 0.29) is 12.5 Å². The van der Waals surface area contributed by atoms with Gasteiger partial charge >= 0.3 is 0 Å². The summed E-state index contributed by atoms with van der Waals surface area (Å²) in [5.41, 5.74) is 6.92. The molecule has 1 aromatic carbocycles. The Bertz CT molecular complexity index is 508. The lowest BCUT2D eigenvalue weighted by molar-refractivity contribution is -0.120. The minimum Gasteiger partial charge on any atom is -0.370 e. The molecule has 0 radical (unpaired) electrons. The molecule has 1 aromatic heterocycles. The Morgan fingerprint density at radius 3 is 2.79 bits per heavy atom. The highest BCUT2D eigenvalue weighted by Crippen LogP contribution is 2.12. The summed E-state index contributed by atoms with van der Waals surface area (Å²) in [5.74, 6) is -0.194. The molecule has 1 amide bonds. The molecule has 0 spiro atoms. The topological polar surface area (TPSA) is 82.2 Å². The maximum atomic E-state index is 11.5. The van der Waals surface area contributed by atoms with E-state index < -0.39 is 0 Å². The molecule has 2 aromatic rings. The van der Waals surface area contributed by atoms with Gasteiger partial charge in [0.25, 0.3) is 0 Å². The molecule has 0 bridgehead atoms. The van der Waals surface area contributed by atoms with Crippen molar-refractivity contribution in [2.75, 3.05) is 25.1 Å². The number of ether oxygens (including phenoxy) is 1. The van der Waals surface area contributed by atoms with Crippen LogP contribution in [0.3, 0.4) is 0 Å². The fourth-order valence-corrected chi connectivity index (χ4v) is 1.56. The van der Waals surface area contributed by atoms with Crippen LogP contribution in [0.4, 0.5) is 5.69 Å². The third kappa shape index (κ3) is 3.90. The number of nitrogens with two attached hydrogens (primary N) is 1. The van der Waals surface area contributed by atoms with Gasteiger partial charge in [0.05, 0.1) is 12.3 Å². The fourth-order valence-electron chi connectivity index (χ4n) is 1.56. The molecule has 0 aliphatic rings. The first-order valence-corrected chi connectivity index (χ1v) is 5.97. The van der Waals surface area contributed by atoms with Crippen molar-refractivity contribution in [1.82, 2.24) is 9.78 Å². The van der Waals surface area contributed by atoms with Crippen molar-refractivity contribution in [2.45, 2.75) is 0 Å². The molecule has 0 saturated carbocycles. The lowest BCUT2D eigenvalue weighted by Crippen LogP contribution is -2.20. The Morgan fingerprint density at radius 1 is 1.37 bits per heavy atom. The molecular formula is C13H16N4O2. The number of benzene rings is 1. The van der Waals surface area contributed by atoms with Gasteiger partial charge in [0, 0.05) is 24.6 Å². The van der Waals surface area contributed by atoms with Gasteiger partial charge in [-0.1, -0.05) is 0 Å². The van der Waals surface area contributed by atoms with Crippen LogP contribution < -0.4 is 11.1 Å².